The smallest absolute Gasteiger partial charge is 0.266 e. The normalized spacial score (nSPS) is 11.5. The van der Waals surface area contributed by atoms with Gasteiger partial charge in [0.05, 0.1) is 22.3 Å². The molecular weight excluding hydrogens is 418 g/mol. The van der Waals surface area contributed by atoms with Crippen LogP contribution in [0.15, 0.2) is 64.7 Å². The molecule has 5 aromatic rings. The number of hydrogen-bond acceptors (Lipinski definition) is 5. The Morgan fingerprint density at radius 1 is 0.938 bits per heavy atom. The minimum Gasteiger partial charge on any atom is -0.288 e. The predicted molar refractivity (Wildman–Crippen MR) is 129 cm³/mol. The molecule has 32 heavy (non-hydrogen) atoms. The van der Waals surface area contributed by atoms with Crippen LogP contribution in [0.3, 0.4) is 0 Å². The fraction of sp³-hybridized carbons (Fsp3) is 0.200. The fourth-order valence-corrected chi connectivity index (χ4v) is 4.82. The molecule has 0 radical (unpaired) electrons. The molecule has 0 aliphatic heterocycles. The van der Waals surface area contributed by atoms with Crippen LogP contribution in [0.4, 0.5) is 0 Å². The fourth-order valence-electron chi connectivity index (χ4n) is 3.93. The van der Waals surface area contributed by atoms with E-state index in [4.69, 9.17) is 4.98 Å². The van der Waals surface area contributed by atoms with E-state index in [1.807, 2.05) is 73.8 Å². The molecule has 7 heteroatoms. The first kappa shape index (κ1) is 20.5. The summed E-state index contributed by atoms with van der Waals surface area (Å²) in [6.45, 7) is 8.11. The summed E-state index contributed by atoms with van der Waals surface area (Å²) in [6.07, 6.45) is 2.01. The Balaban J connectivity index is 1.62. The number of fused-ring (bicyclic) bond motifs is 2. The molecule has 3 aromatic heterocycles. The summed E-state index contributed by atoms with van der Waals surface area (Å²) >= 11 is 1.51. The average Bonchev–Trinajstić information content (AvgIpc) is 3.18. The summed E-state index contributed by atoms with van der Waals surface area (Å²) in [7, 11) is 0. The Morgan fingerprint density at radius 2 is 1.75 bits per heavy atom. The van der Waals surface area contributed by atoms with Gasteiger partial charge in [-0.15, -0.1) is 0 Å². The van der Waals surface area contributed by atoms with E-state index >= 15 is 0 Å². The molecule has 0 bridgehead atoms. The Morgan fingerprint density at radius 3 is 2.59 bits per heavy atom. The van der Waals surface area contributed by atoms with Crippen molar-refractivity contribution >= 4 is 28.4 Å². The summed E-state index contributed by atoms with van der Waals surface area (Å²) in [6, 6.07) is 15.5. The molecule has 160 valence electrons. The summed E-state index contributed by atoms with van der Waals surface area (Å²) in [5.74, 6) is 1.27. The van der Waals surface area contributed by atoms with Crippen LogP contribution >= 0.6 is 11.8 Å². The van der Waals surface area contributed by atoms with Crippen LogP contribution < -0.4 is 5.56 Å². The standard InChI is InChI=1S/C25H23N5OS/c1-15-8-7-11-22(18(15)4)30-23(31)20-9-5-6-10-21(20)28-25(30)32-14-19-13-29-17(3)12-16(2)26-24(29)27-19/h5-13H,14H2,1-4H3. The zero-order valence-electron chi connectivity index (χ0n) is 18.5. The number of para-hydroxylation sites is 1. The molecule has 0 spiro atoms. The van der Waals surface area contributed by atoms with Gasteiger partial charge in [-0.25, -0.2) is 15.0 Å². The van der Waals surface area contributed by atoms with E-state index in [0.717, 1.165) is 33.9 Å². The molecule has 2 aromatic carbocycles. The van der Waals surface area contributed by atoms with Crippen molar-refractivity contribution in [2.75, 3.05) is 0 Å². The lowest BCUT2D eigenvalue weighted by Gasteiger charge is -2.16. The molecule has 0 unspecified atom stereocenters. The molecule has 0 fully saturated rings. The summed E-state index contributed by atoms with van der Waals surface area (Å²) in [4.78, 5) is 27.6. The third kappa shape index (κ3) is 3.48. The molecule has 0 saturated carbocycles. The van der Waals surface area contributed by atoms with Crippen LogP contribution in [-0.2, 0) is 5.75 Å². The van der Waals surface area contributed by atoms with Crippen molar-refractivity contribution in [3.63, 3.8) is 0 Å². The van der Waals surface area contributed by atoms with Crippen molar-refractivity contribution in [1.29, 1.82) is 0 Å². The number of thioether (sulfide) groups is 1. The average molecular weight is 442 g/mol. The van der Waals surface area contributed by atoms with Gasteiger partial charge in [0.1, 0.15) is 0 Å². The summed E-state index contributed by atoms with van der Waals surface area (Å²) in [5.41, 5.74) is 6.63. The number of hydrogen-bond donors (Lipinski definition) is 0. The first-order valence-electron chi connectivity index (χ1n) is 10.5. The highest BCUT2D eigenvalue weighted by Gasteiger charge is 2.16. The first-order chi connectivity index (χ1) is 15.4. The van der Waals surface area contributed by atoms with Gasteiger partial charge in [0, 0.05) is 23.3 Å². The van der Waals surface area contributed by atoms with E-state index in [0.29, 0.717) is 27.6 Å². The molecule has 0 aliphatic rings. The summed E-state index contributed by atoms with van der Waals surface area (Å²) < 4.78 is 3.73. The first-order valence-corrected chi connectivity index (χ1v) is 11.4. The quantitative estimate of drug-likeness (QED) is 0.291. The Kier molecular flexibility index (Phi) is 5.06. The number of rotatable bonds is 4. The maximum Gasteiger partial charge on any atom is 0.266 e. The molecule has 0 atom stereocenters. The predicted octanol–water partition coefficient (Wildman–Crippen LogP) is 4.95. The van der Waals surface area contributed by atoms with Crippen molar-refractivity contribution in [2.24, 2.45) is 0 Å². The lowest BCUT2D eigenvalue weighted by Crippen LogP contribution is -2.22. The summed E-state index contributed by atoms with van der Waals surface area (Å²) in [5, 5.41) is 1.26. The van der Waals surface area contributed by atoms with Gasteiger partial charge >= 0.3 is 0 Å². The van der Waals surface area contributed by atoms with Crippen LogP contribution in [0.5, 0.6) is 0 Å². The van der Waals surface area contributed by atoms with E-state index in [-0.39, 0.29) is 5.56 Å². The second kappa shape index (κ2) is 7.91. The second-order valence-corrected chi connectivity index (χ2v) is 8.94. The zero-order valence-corrected chi connectivity index (χ0v) is 19.3. The Labute approximate surface area is 190 Å². The third-order valence-electron chi connectivity index (χ3n) is 5.72. The van der Waals surface area contributed by atoms with Gasteiger partial charge in [-0.1, -0.05) is 36.0 Å². The van der Waals surface area contributed by atoms with E-state index < -0.39 is 0 Å². The monoisotopic (exact) mass is 441 g/mol. The van der Waals surface area contributed by atoms with E-state index in [1.54, 1.807) is 4.57 Å². The maximum absolute atomic E-state index is 13.5. The molecule has 0 saturated heterocycles. The van der Waals surface area contributed by atoms with Gasteiger partial charge in [0.25, 0.3) is 5.56 Å². The van der Waals surface area contributed by atoms with Crippen LogP contribution in [0.25, 0.3) is 22.4 Å². The minimum atomic E-state index is -0.0602. The molecule has 3 heterocycles. The van der Waals surface area contributed by atoms with Gasteiger partial charge in [0.2, 0.25) is 5.78 Å². The van der Waals surface area contributed by atoms with Crippen molar-refractivity contribution < 1.29 is 0 Å². The largest absolute Gasteiger partial charge is 0.288 e. The molecular formula is C25H23N5OS. The lowest BCUT2D eigenvalue weighted by atomic mass is 10.1. The van der Waals surface area contributed by atoms with Crippen LogP contribution in [0, 0.1) is 27.7 Å². The van der Waals surface area contributed by atoms with Gasteiger partial charge in [0.15, 0.2) is 5.16 Å². The number of nitrogens with zero attached hydrogens (tertiary/aromatic N) is 5. The maximum atomic E-state index is 13.5. The highest BCUT2D eigenvalue weighted by molar-refractivity contribution is 7.98. The van der Waals surface area contributed by atoms with Crippen molar-refractivity contribution in [3.05, 3.63) is 93.3 Å². The highest BCUT2D eigenvalue weighted by Crippen LogP contribution is 2.27. The molecule has 0 amide bonds. The zero-order chi connectivity index (χ0) is 22.4. The number of benzene rings is 2. The molecule has 0 aliphatic carbocycles. The molecule has 0 N–H and O–H groups in total. The van der Waals surface area contributed by atoms with Gasteiger partial charge in [-0.2, -0.15) is 0 Å². The number of aromatic nitrogens is 5. The van der Waals surface area contributed by atoms with E-state index in [1.165, 1.54) is 11.8 Å². The minimum absolute atomic E-state index is 0.0602. The number of imidazole rings is 1. The Hall–Kier alpha value is -3.45. The highest BCUT2D eigenvalue weighted by atomic mass is 32.2. The molecule has 5 rings (SSSR count). The van der Waals surface area contributed by atoms with E-state index in [9.17, 15) is 4.79 Å². The van der Waals surface area contributed by atoms with Crippen LogP contribution in [0.2, 0.25) is 0 Å². The van der Waals surface area contributed by atoms with Crippen molar-refractivity contribution in [2.45, 2.75) is 38.6 Å². The second-order valence-electron chi connectivity index (χ2n) is 8.00. The lowest BCUT2D eigenvalue weighted by molar-refractivity contribution is 0.812. The third-order valence-corrected chi connectivity index (χ3v) is 6.69. The topological polar surface area (TPSA) is 65.1 Å². The Bertz CT molecular complexity index is 1550. The van der Waals surface area contributed by atoms with Crippen LogP contribution in [-0.4, -0.2) is 23.9 Å². The van der Waals surface area contributed by atoms with E-state index in [2.05, 4.69) is 23.0 Å². The van der Waals surface area contributed by atoms with Gasteiger partial charge in [-0.3, -0.25) is 13.8 Å². The van der Waals surface area contributed by atoms with Crippen molar-refractivity contribution in [1.82, 2.24) is 23.9 Å². The van der Waals surface area contributed by atoms with Gasteiger partial charge < -0.3 is 0 Å². The van der Waals surface area contributed by atoms with Crippen molar-refractivity contribution in [3.8, 4) is 5.69 Å². The molecule has 6 nitrogen and oxygen atoms in total. The number of aryl methyl sites for hydroxylation is 3. The van der Waals surface area contributed by atoms with Crippen LogP contribution in [0.1, 0.15) is 28.2 Å². The van der Waals surface area contributed by atoms with Gasteiger partial charge in [-0.05, 0) is 63.1 Å². The SMILES string of the molecule is Cc1cc(C)n2cc(CSc3nc4ccccc4c(=O)n3-c3cccc(C)c3C)nc2n1.